The molecule has 0 spiro atoms. The van der Waals surface area contributed by atoms with Crippen molar-refractivity contribution in [3.8, 4) is 11.1 Å². The average molecular weight is 235 g/mol. The molecule has 0 unspecified atom stereocenters. The predicted octanol–water partition coefficient (Wildman–Crippen LogP) is 3.19. The van der Waals surface area contributed by atoms with Gasteiger partial charge in [0.2, 0.25) is 0 Å². The Balaban J connectivity index is 2.39. The number of hydrogen-bond donors (Lipinski definition) is 1. The van der Waals surface area contributed by atoms with Crippen LogP contribution >= 0.6 is 0 Å². The standard InChI is InChI=1S/C15H13N3/c1-10-7-9-18-15(16)13(10)12-6-2-4-11-5-3-8-17-14(11)12/h2-9H,1H3,(H2,16,18). The van der Waals surface area contributed by atoms with Gasteiger partial charge in [-0.05, 0) is 24.6 Å². The van der Waals surface area contributed by atoms with E-state index < -0.39 is 0 Å². The number of nitrogens with two attached hydrogens (primary N) is 1. The Morgan fingerprint density at radius 2 is 1.78 bits per heavy atom. The van der Waals surface area contributed by atoms with Crippen LogP contribution in [0.3, 0.4) is 0 Å². The smallest absolute Gasteiger partial charge is 0.131 e. The Morgan fingerprint density at radius 3 is 2.61 bits per heavy atom. The van der Waals surface area contributed by atoms with Gasteiger partial charge in [0.15, 0.2) is 0 Å². The summed E-state index contributed by atoms with van der Waals surface area (Å²) in [5, 5.41) is 1.11. The molecule has 0 amide bonds. The molecule has 3 rings (SSSR count). The van der Waals surface area contributed by atoms with Crippen molar-refractivity contribution in [2.45, 2.75) is 6.92 Å². The molecule has 0 aliphatic rings. The highest BCUT2D eigenvalue weighted by Crippen LogP contribution is 2.32. The van der Waals surface area contributed by atoms with Gasteiger partial charge in [-0.15, -0.1) is 0 Å². The lowest BCUT2D eigenvalue weighted by Crippen LogP contribution is -1.97. The molecule has 3 heteroatoms. The lowest BCUT2D eigenvalue weighted by Gasteiger charge is -2.10. The second-order valence-electron chi connectivity index (χ2n) is 4.27. The molecule has 3 aromatic rings. The third-order valence-corrected chi connectivity index (χ3v) is 3.09. The number of anilines is 1. The number of aromatic nitrogens is 2. The number of aryl methyl sites for hydroxylation is 1. The highest BCUT2D eigenvalue weighted by Gasteiger charge is 2.10. The van der Waals surface area contributed by atoms with Gasteiger partial charge < -0.3 is 5.73 Å². The van der Waals surface area contributed by atoms with E-state index in [2.05, 4.69) is 9.97 Å². The van der Waals surface area contributed by atoms with E-state index in [-0.39, 0.29) is 0 Å². The van der Waals surface area contributed by atoms with Gasteiger partial charge in [-0.3, -0.25) is 4.98 Å². The maximum absolute atomic E-state index is 6.01. The number of benzene rings is 1. The number of nitrogens with zero attached hydrogens (tertiary/aromatic N) is 2. The first-order chi connectivity index (χ1) is 8.77. The molecule has 0 aliphatic heterocycles. The van der Waals surface area contributed by atoms with Gasteiger partial charge in [-0.25, -0.2) is 4.98 Å². The molecule has 0 radical (unpaired) electrons. The third-order valence-electron chi connectivity index (χ3n) is 3.09. The van der Waals surface area contributed by atoms with E-state index >= 15 is 0 Å². The molecule has 0 saturated heterocycles. The summed E-state index contributed by atoms with van der Waals surface area (Å²) < 4.78 is 0. The number of rotatable bonds is 1. The molecule has 0 saturated carbocycles. The van der Waals surface area contributed by atoms with E-state index in [0.29, 0.717) is 5.82 Å². The Hall–Kier alpha value is -2.42. The first-order valence-electron chi connectivity index (χ1n) is 5.82. The normalized spacial score (nSPS) is 10.7. The first-order valence-corrected chi connectivity index (χ1v) is 5.82. The van der Waals surface area contributed by atoms with Crippen molar-refractivity contribution in [2.24, 2.45) is 0 Å². The van der Waals surface area contributed by atoms with Crippen molar-refractivity contribution in [1.82, 2.24) is 9.97 Å². The topological polar surface area (TPSA) is 51.8 Å². The molecule has 2 N–H and O–H groups in total. The monoisotopic (exact) mass is 235 g/mol. The van der Waals surface area contributed by atoms with E-state index in [9.17, 15) is 0 Å². The summed E-state index contributed by atoms with van der Waals surface area (Å²) >= 11 is 0. The summed E-state index contributed by atoms with van der Waals surface area (Å²) in [6, 6.07) is 12.1. The minimum Gasteiger partial charge on any atom is -0.383 e. The number of para-hydroxylation sites is 1. The van der Waals surface area contributed by atoms with Gasteiger partial charge in [-0.1, -0.05) is 24.3 Å². The Morgan fingerprint density at radius 1 is 0.944 bits per heavy atom. The fraction of sp³-hybridized carbons (Fsp3) is 0.0667. The molecule has 2 aromatic heterocycles. The summed E-state index contributed by atoms with van der Waals surface area (Å²) in [5.41, 5.74) is 10.1. The number of hydrogen-bond acceptors (Lipinski definition) is 3. The van der Waals surface area contributed by atoms with Crippen LogP contribution in [-0.4, -0.2) is 9.97 Å². The van der Waals surface area contributed by atoms with Gasteiger partial charge in [0, 0.05) is 28.9 Å². The molecule has 0 atom stereocenters. The Labute approximate surface area is 105 Å². The zero-order valence-electron chi connectivity index (χ0n) is 10.1. The zero-order valence-corrected chi connectivity index (χ0v) is 10.1. The molecule has 0 aliphatic carbocycles. The van der Waals surface area contributed by atoms with Crippen molar-refractivity contribution in [3.05, 3.63) is 54.4 Å². The molecule has 88 valence electrons. The van der Waals surface area contributed by atoms with Crippen LogP contribution in [-0.2, 0) is 0 Å². The predicted molar refractivity (Wildman–Crippen MR) is 74.1 cm³/mol. The summed E-state index contributed by atoms with van der Waals surface area (Å²) in [6.07, 6.45) is 3.53. The van der Waals surface area contributed by atoms with Crippen LogP contribution in [0, 0.1) is 6.92 Å². The number of nitrogen functional groups attached to an aromatic ring is 1. The molecule has 3 nitrogen and oxygen atoms in total. The number of pyridine rings is 2. The van der Waals surface area contributed by atoms with E-state index in [4.69, 9.17) is 5.73 Å². The second-order valence-corrected chi connectivity index (χ2v) is 4.27. The van der Waals surface area contributed by atoms with E-state index in [1.807, 2.05) is 43.3 Å². The average Bonchev–Trinajstić information content (AvgIpc) is 2.39. The minimum absolute atomic E-state index is 0.549. The highest BCUT2D eigenvalue weighted by molar-refractivity contribution is 5.96. The molecule has 0 bridgehead atoms. The molecule has 1 aromatic carbocycles. The van der Waals surface area contributed by atoms with Crippen LogP contribution in [0.5, 0.6) is 0 Å². The molecule has 18 heavy (non-hydrogen) atoms. The molecular formula is C15H13N3. The van der Waals surface area contributed by atoms with Gasteiger partial charge >= 0.3 is 0 Å². The van der Waals surface area contributed by atoms with Crippen molar-refractivity contribution in [3.63, 3.8) is 0 Å². The quantitative estimate of drug-likeness (QED) is 0.704. The SMILES string of the molecule is Cc1ccnc(N)c1-c1cccc2cccnc12. The summed E-state index contributed by atoms with van der Waals surface area (Å²) in [6.45, 7) is 2.04. The van der Waals surface area contributed by atoms with Crippen LogP contribution in [0.4, 0.5) is 5.82 Å². The lowest BCUT2D eigenvalue weighted by atomic mass is 9.99. The number of fused-ring (bicyclic) bond motifs is 1. The van der Waals surface area contributed by atoms with E-state index in [1.54, 1.807) is 12.4 Å². The lowest BCUT2D eigenvalue weighted by molar-refractivity contribution is 1.29. The first kappa shape index (κ1) is 10.7. The van der Waals surface area contributed by atoms with Crippen LogP contribution < -0.4 is 5.73 Å². The molecule has 2 heterocycles. The Bertz CT molecular complexity index is 694. The molecular weight excluding hydrogens is 222 g/mol. The van der Waals surface area contributed by atoms with Crippen LogP contribution in [0.1, 0.15) is 5.56 Å². The summed E-state index contributed by atoms with van der Waals surface area (Å²) in [5.74, 6) is 0.549. The van der Waals surface area contributed by atoms with Gasteiger partial charge in [0.05, 0.1) is 5.52 Å². The van der Waals surface area contributed by atoms with Crippen molar-refractivity contribution >= 4 is 16.7 Å². The van der Waals surface area contributed by atoms with Crippen molar-refractivity contribution in [2.75, 3.05) is 5.73 Å². The Kier molecular flexibility index (Phi) is 2.45. The van der Waals surface area contributed by atoms with Crippen LogP contribution in [0.15, 0.2) is 48.8 Å². The third kappa shape index (κ3) is 1.61. The van der Waals surface area contributed by atoms with Gasteiger partial charge in [-0.2, -0.15) is 0 Å². The van der Waals surface area contributed by atoms with E-state index in [0.717, 1.165) is 27.6 Å². The zero-order chi connectivity index (χ0) is 12.5. The van der Waals surface area contributed by atoms with E-state index in [1.165, 1.54) is 0 Å². The largest absolute Gasteiger partial charge is 0.383 e. The minimum atomic E-state index is 0.549. The highest BCUT2D eigenvalue weighted by atomic mass is 14.8. The second kappa shape index (κ2) is 4.11. The van der Waals surface area contributed by atoms with Crippen LogP contribution in [0.2, 0.25) is 0 Å². The summed E-state index contributed by atoms with van der Waals surface area (Å²) in [7, 11) is 0. The van der Waals surface area contributed by atoms with Gasteiger partial charge in [0.25, 0.3) is 0 Å². The van der Waals surface area contributed by atoms with Gasteiger partial charge in [0.1, 0.15) is 5.82 Å². The molecule has 0 fully saturated rings. The fourth-order valence-corrected chi connectivity index (χ4v) is 2.24. The fourth-order valence-electron chi connectivity index (χ4n) is 2.24. The van der Waals surface area contributed by atoms with Crippen molar-refractivity contribution < 1.29 is 0 Å². The van der Waals surface area contributed by atoms with Crippen LogP contribution in [0.25, 0.3) is 22.0 Å². The maximum Gasteiger partial charge on any atom is 0.131 e. The summed E-state index contributed by atoms with van der Waals surface area (Å²) in [4.78, 5) is 8.63. The van der Waals surface area contributed by atoms with Crippen molar-refractivity contribution in [1.29, 1.82) is 0 Å². The maximum atomic E-state index is 6.01.